The van der Waals surface area contributed by atoms with Crippen LogP contribution in [0.15, 0.2) is 80.2 Å². The molecule has 4 rings (SSSR count). The van der Waals surface area contributed by atoms with Crippen LogP contribution in [0.4, 0.5) is 26.3 Å². The number of nitrogens with one attached hydrogen (secondary N) is 1. The Balaban J connectivity index is 1.76. The normalized spacial score (nSPS) is 23.1. The van der Waals surface area contributed by atoms with E-state index in [0.29, 0.717) is 28.8 Å². The summed E-state index contributed by atoms with van der Waals surface area (Å²) in [7, 11) is -10.8. The van der Waals surface area contributed by atoms with E-state index >= 15 is 0 Å². The molecule has 2 N–H and O–H groups in total. The molecule has 1 fully saturated rings. The van der Waals surface area contributed by atoms with Crippen molar-refractivity contribution in [2.75, 3.05) is 6.61 Å². The fourth-order valence-corrected chi connectivity index (χ4v) is 6.92. The van der Waals surface area contributed by atoms with Gasteiger partial charge in [0.25, 0.3) is 25.8 Å². The zero-order valence-corrected chi connectivity index (χ0v) is 23.5. The molecule has 1 aromatic heterocycles. The Morgan fingerprint density at radius 3 is 1.89 bits per heavy atom. The summed E-state index contributed by atoms with van der Waals surface area (Å²) in [5.41, 5.74) is -8.11. The molecule has 0 aliphatic carbocycles. The van der Waals surface area contributed by atoms with Crippen molar-refractivity contribution in [1.29, 1.82) is 0 Å². The summed E-state index contributed by atoms with van der Waals surface area (Å²) in [4.78, 5) is 23.0. The molecule has 0 saturated carbocycles. The van der Waals surface area contributed by atoms with E-state index in [2.05, 4.69) is 0 Å². The van der Waals surface area contributed by atoms with Crippen LogP contribution in [0.2, 0.25) is 0 Å². The summed E-state index contributed by atoms with van der Waals surface area (Å²) in [6, 6.07) is 6.44. The first-order chi connectivity index (χ1) is 20.2. The van der Waals surface area contributed by atoms with Gasteiger partial charge in [0, 0.05) is 12.3 Å². The van der Waals surface area contributed by atoms with Gasteiger partial charge in [0.2, 0.25) is 0 Å². The van der Waals surface area contributed by atoms with Gasteiger partial charge in [-0.2, -0.15) is 43.2 Å². The van der Waals surface area contributed by atoms with Crippen molar-refractivity contribution in [1.82, 2.24) is 9.55 Å². The number of benzene rings is 2. The SMILES string of the molecule is C[C@]1(O)[C@H](OS(=O)(=O)c2ccccc2C(F)(F)F)C(COS(=O)(=O)c2ccccc2C(F)(F)F)O[C@H]1n1ccc(=O)[nH]c1=O. The number of alkyl halides is 6. The minimum absolute atomic E-state index is 0.424. The number of ether oxygens (including phenoxy) is 1. The molecule has 4 atom stereocenters. The minimum Gasteiger partial charge on any atom is -0.383 e. The van der Waals surface area contributed by atoms with Crippen LogP contribution in [0.5, 0.6) is 0 Å². The molecule has 1 saturated heterocycles. The van der Waals surface area contributed by atoms with Gasteiger partial charge in [0.05, 0.1) is 17.7 Å². The number of nitrogens with zero attached hydrogens (tertiary/aromatic N) is 1. The van der Waals surface area contributed by atoms with E-state index in [-0.39, 0.29) is 0 Å². The zero-order valence-electron chi connectivity index (χ0n) is 21.9. The van der Waals surface area contributed by atoms with Crippen LogP contribution < -0.4 is 11.2 Å². The number of aromatic nitrogens is 2. The van der Waals surface area contributed by atoms with Gasteiger partial charge >= 0.3 is 18.0 Å². The monoisotopic (exact) mass is 674 g/mol. The fourth-order valence-electron chi connectivity index (χ4n) is 4.38. The molecule has 2 aromatic carbocycles. The van der Waals surface area contributed by atoms with E-state index in [1.54, 1.807) is 0 Å². The number of aromatic amines is 1. The molecule has 12 nitrogen and oxygen atoms in total. The lowest BCUT2D eigenvalue weighted by Crippen LogP contribution is -2.49. The maximum atomic E-state index is 13.6. The Morgan fingerprint density at radius 2 is 1.39 bits per heavy atom. The zero-order chi connectivity index (χ0) is 32.9. The van der Waals surface area contributed by atoms with E-state index < -0.39 is 95.4 Å². The summed E-state index contributed by atoms with van der Waals surface area (Å²) in [5.74, 6) is 0. The number of halogens is 6. The smallest absolute Gasteiger partial charge is 0.383 e. The molecule has 44 heavy (non-hydrogen) atoms. The summed E-state index contributed by atoms with van der Waals surface area (Å²) in [6.07, 6.45) is -16.0. The highest BCUT2D eigenvalue weighted by Gasteiger charge is 2.57. The topological polar surface area (TPSA) is 171 Å². The van der Waals surface area contributed by atoms with Crippen molar-refractivity contribution >= 4 is 20.2 Å². The van der Waals surface area contributed by atoms with Gasteiger partial charge in [-0.15, -0.1) is 0 Å². The third-order valence-corrected chi connectivity index (χ3v) is 9.06. The Kier molecular flexibility index (Phi) is 8.65. The van der Waals surface area contributed by atoms with Crippen molar-refractivity contribution in [3.63, 3.8) is 0 Å². The maximum absolute atomic E-state index is 13.6. The molecule has 0 radical (unpaired) electrons. The van der Waals surface area contributed by atoms with Crippen LogP contribution >= 0.6 is 0 Å². The van der Waals surface area contributed by atoms with Crippen LogP contribution in [0, 0.1) is 0 Å². The van der Waals surface area contributed by atoms with E-state index in [0.717, 1.165) is 43.5 Å². The number of H-pyrrole nitrogens is 1. The predicted molar refractivity (Wildman–Crippen MR) is 134 cm³/mol. The highest BCUT2D eigenvalue weighted by atomic mass is 32.2. The van der Waals surface area contributed by atoms with Gasteiger partial charge < -0.3 is 9.84 Å². The van der Waals surface area contributed by atoms with Crippen LogP contribution in [-0.4, -0.2) is 55.9 Å². The third-order valence-electron chi connectivity index (χ3n) is 6.36. The second kappa shape index (κ2) is 11.4. The lowest BCUT2D eigenvalue weighted by Gasteiger charge is -2.30. The van der Waals surface area contributed by atoms with Crippen molar-refractivity contribution in [2.24, 2.45) is 0 Å². The molecule has 3 aromatic rings. The Bertz CT molecular complexity index is 1890. The average Bonchev–Trinajstić information content (AvgIpc) is 3.15. The number of hydrogen-bond donors (Lipinski definition) is 2. The molecule has 2 heterocycles. The molecule has 0 amide bonds. The summed E-state index contributed by atoms with van der Waals surface area (Å²) in [5, 5.41) is 11.3. The Morgan fingerprint density at radius 1 is 0.886 bits per heavy atom. The molecule has 0 spiro atoms. The van der Waals surface area contributed by atoms with Gasteiger partial charge in [0.15, 0.2) is 6.23 Å². The molecule has 1 aliphatic rings. The van der Waals surface area contributed by atoms with Crippen LogP contribution in [0.25, 0.3) is 0 Å². The fraction of sp³-hybridized carbons (Fsp3) is 0.333. The second-order valence-electron chi connectivity index (χ2n) is 9.47. The first-order valence-corrected chi connectivity index (χ1v) is 14.8. The highest BCUT2D eigenvalue weighted by molar-refractivity contribution is 7.87. The van der Waals surface area contributed by atoms with Gasteiger partial charge in [-0.3, -0.25) is 22.7 Å². The van der Waals surface area contributed by atoms with Gasteiger partial charge in [-0.05, 0) is 31.2 Å². The van der Waals surface area contributed by atoms with Gasteiger partial charge in [0.1, 0.15) is 27.6 Å². The average molecular weight is 675 g/mol. The van der Waals surface area contributed by atoms with Gasteiger partial charge in [-0.1, -0.05) is 24.3 Å². The lowest BCUT2D eigenvalue weighted by molar-refractivity contribution is -0.140. The molecule has 1 unspecified atom stereocenters. The highest BCUT2D eigenvalue weighted by Crippen LogP contribution is 2.43. The standard InChI is InChI=1S/C24H20F6N2O10S2/c1-22(35)19(42-44(38,39)17-9-5-3-7-14(17)24(28,29)30)15(41-20(22)32-11-10-18(33)31-21(32)34)12-40-43(36,37)16-8-4-2-6-13(16)23(25,26)27/h2-11,15,19-20,35H,12H2,1H3,(H,31,33,34)/t15?,19-,20-,22+/m1/s1. The quantitative estimate of drug-likeness (QED) is 0.267. The Labute approximate surface area is 243 Å². The number of hydrogen-bond acceptors (Lipinski definition) is 10. The molecular formula is C24H20F6N2O10S2. The summed E-state index contributed by atoms with van der Waals surface area (Å²) >= 11 is 0. The van der Waals surface area contributed by atoms with E-state index in [1.807, 2.05) is 4.98 Å². The minimum atomic E-state index is -5.47. The molecule has 1 aliphatic heterocycles. The largest absolute Gasteiger partial charge is 0.417 e. The molecule has 20 heteroatoms. The number of rotatable bonds is 8. The van der Waals surface area contributed by atoms with Crippen molar-refractivity contribution < 1.29 is 61.4 Å². The Hall–Kier alpha value is -3.56. The van der Waals surface area contributed by atoms with E-state index in [1.165, 1.54) is 0 Å². The van der Waals surface area contributed by atoms with Crippen molar-refractivity contribution in [3.8, 4) is 0 Å². The first-order valence-electron chi connectivity index (χ1n) is 12.0. The predicted octanol–water partition coefficient (Wildman–Crippen LogP) is 2.40. The second-order valence-corrected chi connectivity index (χ2v) is 12.6. The van der Waals surface area contributed by atoms with Crippen molar-refractivity contribution in [3.05, 3.63) is 92.8 Å². The van der Waals surface area contributed by atoms with Crippen LogP contribution in [0.1, 0.15) is 24.3 Å². The van der Waals surface area contributed by atoms with E-state index in [9.17, 15) is 57.9 Å². The number of aliphatic hydroxyl groups is 1. The van der Waals surface area contributed by atoms with Crippen molar-refractivity contribution in [2.45, 2.75) is 53.1 Å². The lowest BCUT2D eigenvalue weighted by atomic mass is 9.96. The van der Waals surface area contributed by atoms with E-state index in [4.69, 9.17) is 13.1 Å². The first kappa shape index (κ1) is 33.3. The summed E-state index contributed by atoms with van der Waals surface area (Å²) in [6.45, 7) is -0.543. The molecular weight excluding hydrogens is 654 g/mol. The van der Waals surface area contributed by atoms with Crippen LogP contribution in [-0.2, 0) is 45.7 Å². The maximum Gasteiger partial charge on any atom is 0.417 e. The molecule has 240 valence electrons. The van der Waals surface area contributed by atoms with Crippen LogP contribution in [0.3, 0.4) is 0 Å². The summed E-state index contributed by atoms with van der Waals surface area (Å²) < 4.78 is 149. The van der Waals surface area contributed by atoms with Gasteiger partial charge in [-0.25, -0.2) is 4.79 Å². The third kappa shape index (κ3) is 6.59. The molecule has 0 bridgehead atoms.